The summed E-state index contributed by atoms with van der Waals surface area (Å²) in [6.07, 6.45) is 1.68. The summed E-state index contributed by atoms with van der Waals surface area (Å²) in [5.41, 5.74) is 7.24. The summed E-state index contributed by atoms with van der Waals surface area (Å²) in [5, 5.41) is 0.972. The average Bonchev–Trinajstić information content (AvgIpc) is 2.53. The Morgan fingerprint density at radius 1 is 1.43 bits per heavy atom. The summed E-state index contributed by atoms with van der Waals surface area (Å²) in [4.78, 5) is 18.8. The maximum Gasteiger partial charge on any atom is 0.254 e. The Labute approximate surface area is 123 Å². The van der Waals surface area contributed by atoms with Gasteiger partial charge < -0.3 is 15.4 Å². The lowest BCUT2D eigenvalue weighted by Gasteiger charge is -2.36. The predicted molar refractivity (Wildman–Crippen MR) is 81.0 cm³/mol. The highest BCUT2D eigenvalue weighted by Crippen LogP contribution is 2.18. The highest BCUT2D eigenvalue weighted by molar-refractivity contribution is 5.98. The lowest BCUT2D eigenvalue weighted by Crippen LogP contribution is -2.51. The first kappa shape index (κ1) is 14.0. The van der Waals surface area contributed by atoms with Crippen molar-refractivity contribution >= 4 is 16.8 Å². The van der Waals surface area contributed by atoms with Gasteiger partial charge in [-0.15, -0.1) is 0 Å². The first-order chi connectivity index (χ1) is 10.2. The van der Waals surface area contributed by atoms with Gasteiger partial charge in [0.05, 0.1) is 17.7 Å². The number of fused-ring (bicyclic) bond motifs is 1. The molecule has 1 amide bonds. The third kappa shape index (κ3) is 2.89. The summed E-state index contributed by atoms with van der Waals surface area (Å²) < 4.78 is 5.69. The number of benzene rings is 1. The van der Waals surface area contributed by atoms with Crippen LogP contribution in [0.4, 0.5) is 0 Å². The van der Waals surface area contributed by atoms with E-state index in [0.717, 1.165) is 10.9 Å². The number of rotatable bonds is 2. The van der Waals surface area contributed by atoms with E-state index in [4.69, 9.17) is 10.5 Å². The third-order valence-corrected chi connectivity index (χ3v) is 3.73. The van der Waals surface area contributed by atoms with Crippen molar-refractivity contribution in [2.75, 3.05) is 19.6 Å². The van der Waals surface area contributed by atoms with E-state index >= 15 is 0 Å². The van der Waals surface area contributed by atoms with Crippen LogP contribution in [-0.2, 0) is 4.74 Å². The molecule has 2 heterocycles. The van der Waals surface area contributed by atoms with Gasteiger partial charge in [0.25, 0.3) is 5.91 Å². The van der Waals surface area contributed by atoms with Gasteiger partial charge >= 0.3 is 0 Å². The van der Waals surface area contributed by atoms with E-state index in [1.807, 2.05) is 42.2 Å². The molecule has 0 aliphatic carbocycles. The maximum atomic E-state index is 12.7. The fraction of sp³-hybridized carbons (Fsp3) is 0.375. The zero-order valence-corrected chi connectivity index (χ0v) is 12.0. The van der Waals surface area contributed by atoms with Gasteiger partial charge in [-0.25, -0.2) is 0 Å². The second kappa shape index (κ2) is 5.79. The highest BCUT2D eigenvalue weighted by Gasteiger charge is 2.28. The van der Waals surface area contributed by atoms with Crippen molar-refractivity contribution in [3.8, 4) is 0 Å². The quantitative estimate of drug-likeness (QED) is 0.906. The van der Waals surface area contributed by atoms with Crippen molar-refractivity contribution in [1.29, 1.82) is 0 Å². The molecular weight excluding hydrogens is 266 g/mol. The van der Waals surface area contributed by atoms with Crippen molar-refractivity contribution in [2.45, 2.75) is 19.1 Å². The van der Waals surface area contributed by atoms with Crippen molar-refractivity contribution in [2.24, 2.45) is 5.73 Å². The monoisotopic (exact) mass is 285 g/mol. The molecule has 21 heavy (non-hydrogen) atoms. The predicted octanol–water partition coefficient (Wildman–Crippen LogP) is 1.42. The Morgan fingerprint density at radius 2 is 2.29 bits per heavy atom. The first-order valence-corrected chi connectivity index (χ1v) is 7.17. The number of carbonyl (C=O) groups excluding carboxylic acids is 1. The molecule has 1 fully saturated rings. The molecule has 0 radical (unpaired) electrons. The number of amides is 1. The minimum absolute atomic E-state index is 0.0124. The Balaban J connectivity index is 1.85. The second-order valence-corrected chi connectivity index (χ2v) is 5.43. The Morgan fingerprint density at radius 3 is 3.10 bits per heavy atom. The van der Waals surface area contributed by atoms with Crippen LogP contribution in [-0.4, -0.2) is 47.6 Å². The molecule has 2 N–H and O–H groups in total. The van der Waals surface area contributed by atoms with Crippen LogP contribution in [0.3, 0.4) is 0 Å². The average molecular weight is 285 g/mol. The van der Waals surface area contributed by atoms with Crippen molar-refractivity contribution in [3.63, 3.8) is 0 Å². The van der Waals surface area contributed by atoms with E-state index in [1.54, 1.807) is 6.20 Å². The van der Waals surface area contributed by atoms with Gasteiger partial charge in [0.2, 0.25) is 0 Å². The molecule has 0 bridgehead atoms. The molecule has 2 atom stereocenters. The summed E-state index contributed by atoms with van der Waals surface area (Å²) >= 11 is 0. The van der Waals surface area contributed by atoms with Gasteiger partial charge in [-0.05, 0) is 31.2 Å². The van der Waals surface area contributed by atoms with Gasteiger partial charge in [-0.1, -0.05) is 6.07 Å². The second-order valence-electron chi connectivity index (χ2n) is 5.43. The van der Waals surface area contributed by atoms with Crippen LogP contribution in [0.2, 0.25) is 0 Å². The molecule has 1 aromatic carbocycles. The van der Waals surface area contributed by atoms with Crippen molar-refractivity contribution in [3.05, 3.63) is 42.1 Å². The van der Waals surface area contributed by atoms with Crippen LogP contribution < -0.4 is 5.73 Å². The minimum Gasteiger partial charge on any atom is -0.370 e. The Hall–Kier alpha value is -1.98. The molecule has 1 saturated heterocycles. The maximum absolute atomic E-state index is 12.7. The van der Waals surface area contributed by atoms with Crippen LogP contribution >= 0.6 is 0 Å². The molecule has 110 valence electrons. The molecule has 2 aromatic rings. The molecule has 0 saturated carbocycles. The number of carbonyl (C=O) groups is 1. The number of ether oxygens (including phenoxy) is 1. The van der Waals surface area contributed by atoms with Crippen LogP contribution in [0.15, 0.2) is 36.5 Å². The lowest BCUT2D eigenvalue weighted by atomic mass is 10.1. The van der Waals surface area contributed by atoms with Crippen molar-refractivity contribution in [1.82, 2.24) is 9.88 Å². The number of nitrogens with two attached hydrogens (primary N) is 1. The molecule has 0 spiro atoms. The number of aromatic nitrogens is 1. The Kier molecular flexibility index (Phi) is 3.86. The molecule has 5 heteroatoms. The highest BCUT2D eigenvalue weighted by atomic mass is 16.5. The summed E-state index contributed by atoms with van der Waals surface area (Å²) in [6.45, 7) is 3.54. The van der Waals surface area contributed by atoms with Gasteiger partial charge in [-0.3, -0.25) is 9.78 Å². The first-order valence-electron chi connectivity index (χ1n) is 7.17. The van der Waals surface area contributed by atoms with E-state index in [2.05, 4.69) is 4.98 Å². The fourth-order valence-electron chi connectivity index (χ4n) is 2.73. The summed E-state index contributed by atoms with van der Waals surface area (Å²) in [7, 11) is 0. The van der Waals surface area contributed by atoms with E-state index in [-0.39, 0.29) is 18.1 Å². The minimum atomic E-state index is -0.0835. The number of morpholine rings is 1. The van der Waals surface area contributed by atoms with Gasteiger partial charge in [0, 0.05) is 36.8 Å². The fourth-order valence-corrected chi connectivity index (χ4v) is 2.73. The molecule has 5 nitrogen and oxygen atoms in total. The van der Waals surface area contributed by atoms with E-state index < -0.39 is 0 Å². The number of pyridine rings is 1. The smallest absolute Gasteiger partial charge is 0.254 e. The number of hydrogen-bond donors (Lipinski definition) is 1. The zero-order chi connectivity index (χ0) is 14.8. The normalized spacial score (nSPS) is 22.5. The Bertz CT molecular complexity index is 659. The van der Waals surface area contributed by atoms with E-state index in [9.17, 15) is 4.79 Å². The van der Waals surface area contributed by atoms with Crippen LogP contribution in [0, 0.1) is 0 Å². The molecule has 1 aliphatic rings. The third-order valence-electron chi connectivity index (χ3n) is 3.73. The molecule has 2 unspecified atom stereocenters. The molecule has 1 aromatic heterocycles. The van der Waals surface area contributed by atoms with Crippen molar-refractivity contribution < 1.29 is 9.53 Å². The SMILES string of the molecule is CC1CN(C(=O)c2ccc3ncccc3c2)CC(CN)O1. The van der Waals surface area contributed by atoms with Gasteiger partial charge in [0.1, 0.15) is 0 Å². The zero-order valence-electron chi connectivity index (χ0n) is 12.0. The summed E-state index contributed by atoms with van der Waals surface area (Å²) in [5.74, 6) is 0.0225. The van der Waals surface area contributed by atoms with E-state index in [1.165, 1.54) is 0 Å². The standard InChI is InChI=1S/C16H19N3O2/c1-11-9-19(10-14(8-17)21-11)16(20)13-4-5-15-12(7-13)3-2-6-18-15/h2-7,11,14H,8-10,17H2,1H3. The van der Waals surface area contributed by atoms with Crippen LogP contribution in [0.1, 0.15) is 17.3 Å². The van der Waals surface area contributed by atoms with E-state index in [0.29, 0.717) is 25.2 Å². The molecule has 3 rings (SSSR count). The lowest BCUT2D eigenvalue weighted by molar-refractivity contribution is -0.0625. The van der Waals surface area contributed by atoms with Gasteiger partial charge in [-0.2, -0.15) is 0 Å². The topological polar surface area (TPSA) is 68.5 Å². The number of nitrogens with zero attached hydrogens (tertiary/aromatic N) is 2. The molecular formula is C16H19N3O2. The van der Waals surface area contributed by atoms with Gasteiger partial charge in [0.15, 0.2) is 0 Å². The van der Waals surface area contributed by atoms with Crippen LogP contribution in [0.25, 0.3) is 10.9 Å². The summed E-state index contributed by atoms with van der Waals surface area (Å²) in [6, 6.07) is 9.44. The largest absolute Gasteiger partial charge is 0.370 e. The number of hydrogen-bond acceptors (Lipinski definition) is 4. The molecule has 1 aliphatic heterocycles. The van der Waals surface area contributed by atoms with Crippen LogP contribution in [0.5, 0.6) is 0 Å².